The van der Waals surface area contributed by atoms with E-state index < -0.39 is 17.6 Å². The minimum atomic E-state index is -0.617. The number of anilines is 1. The Labute approximate surface area is 176 Å². The van der Waals surface area contributed by atoms with Crippen molar-refractivity contribution in [3.8, 4) is 0 Å². The van der Waals surface area contributed by atoms with Gasteiger partial charge in [0.15, 0.2) is 0 Å². The second kappa shape index (κ2) is 7.89. The summed E-state index contributed by atoms with van der Waals surface area (Å²) in [6, 6.07) is 14.7. The second-order valence-electron chi connectivity index (χ2n) is 6.48. The Bertz CT molecular complexity index is 1120. The Morgan fingerprint density at radius 1 is 1.07 bits per heavy atom. The average molecular weight is 428 g/mol. The molecule has 146 valence electrons. The van der Waals surface area contributed by atoms with Gasteiger partial charge in [0.25, 0.3) is 11.8 Å². The van der Waals surface area contributed by atoms with E-state index in [1.165, 1.54) is 23.9 Å². The third-order valence-electron chi connectivity index (χ3n) is 4.48. The molecule has 0 saturated heterocycles. The van der Waals surface area contributed by atoms with E-state index in [1.54, 1.807) is 18.4 Å². The number of nitrogens with zero attached hydrogens (tertiary/aromatic N) is 1. The molecule has 2 amide bonds. The van der Waals surface area contributed by atoms with Crippen molar-refractivity contribution >= 4 is 46.4 Å². The van der Waals surface area contributed by atoms with Crippen LogP contribution < -0.4 is 4.90 Å². The van der Waals surface area contributed by atoms with Gasteiger partial charge in [0.2, 0.25) is 0 Å². The first-order valence-corrected chi connectivity index (χ1v) is 10.1. The zero-order chi connectivity index (χ0) is 20.5. The molecule has 4 nitrogen and oxygen atoms in total. The summed E-state index contributed by atoms with van der Waals surface area (Å²) < 4.78 is 18.9. The molecule has 4 rings (SSSR count). The van der Waals surface area contributed by atoms with Crippen LogP contribution in [-0.2, 0) is 15.3 Å². The predicted molar refractivity (Wildman–Crippen MR) is 112 cm³/mol. The third-order valence-corrected chi connectivity index (χ3v) is 5.87. The van der Waals surface area contributed by atoms with Gasteiger partial charge >= 0.3 is 0 Å². The first-order valence-electron chi connectivity index (χ1n) is 8.76. The van der Waals surface area contributed by atoms with Gasteiger partial charge in [-0.2, -0.15) is 0 Å². The minimum absolute atomic E-state index is 0.156. The van der Waals surface area contributed by atoms with E-state index in [4.69, 9.17) is 16.0 Å². The molecule has 0 aliphatic carbocycles. The highest BCUT2D eigenvalue weighted by atomic mass is 35.5. The van der Waals surface area contributed by atoms with Gasteiger partial charge in [-0.25, -0.2) is 9.29 Å². The number of rotatable bonds is 5. The second-order valence-corrected chi connectivity index (χ2v) is 7.88. The van der Waals surface area contributed by atoms with E-state index in [-0.39, 0.29) is 10.7 Å². The number of furan rings is 1. The van der Waals surface area contributed by atoms with Crippen molar-refractivity contribution in [1.29, 1.82) is 0 Å². The molecular formula is C22H15ClFNO3S. The summed E-state index contributed by atoms with van der Waals surface area (Å²) in [4.78, 5) is 27.8. The highest BCUT2D eigenvalue weighted by molar-refractivity contribution is 8.03. The van der Waals surface area contributed by atoms with Crippen LogP contribution in [0.4, 0.5) is 10.1 Å². The lowest BCUT2D eigenvalue weighted by Gasteiger charge is -2.15. The summed E-state index contributed by atoms with van der Waals surface area (Å²) in [7, 11) is 0. The predicted octanol–water partition coefficient (Wildman–Crippen LogP) is 5.60. The van der Waals surface area contributed by atoms with E-state index in [9.17, 15) is 14.0 Å². The van der Waals surface area contributed by atoms with Crippen molar-refractivity contribution in [3.63, 3.8) is 0 Å². The number of hydrogen-bond acceptors (Lipinski definition) is 4. The Balaban J connectivity index is 1.76. The lowest BCUT2D eigenvalue weighted by molar-refractivity contribution is -0.119. The Hall–Kier alpha value is -2.83. The number of benzene rings is 2. The van der Waals surface area contributed by atoms with Crippen LogP contribution in [-0.4, -0.2) is 11.8 Å². The minimum Gasteiger partial charge on any atom is -0.468 e. The number of amides is 2. The van der Waals surface area contributed by atoms with Crippen LogP contribution in [0.1, 0.15) is 16.9 Å². The van der Waals surface area contributed by atoms with Crippen molar-refractivity contribution in [2.24, 2.45) is 0 Å². The maximum Gasteiger partial charge on any atom is 0.272 e. The molecule has 0 bridgehead atoms. The van der Waals surface area contributed by atoms with Crippen LogP contribution in [0.3, 0.4) is 0 Å². The van der Waals surface area contributed by atoms with Crippen LogP contribution in [0.15, 0.2) is 70.2 Å². The highest BCUT2D eigenvalue weighted by Gasteiger charge is 2.40. The molecule has 7 heteroatoms. The molecule has 0 N–H and O–H groups in total. The maximum absolute atomic E-state index is 13.6. The van der Waals surface area contributed by atoms with Crippen molar-refractivity contribution in [2.75, 3.05) is 4.90 Å². The van der Waals surface area contributed by atoms with E-state index in [0.717, 1.165) is 16.5 Å². The van der Waals surface area contributed by atoms with Gasteiger partial charge in [-0.1, -0.05) is 41.4 Å². The number of aryl methyl sites for hydroxylation is 1. The van der Waals surface area contributed by atoms with Crippen molar-refractivity contribution in [1.82, 2.24) is 0 Å². The highest BCUT2D eigenvalue weighted by Crippen LogP contribution is 2.40. The molecule has 29 heavy (non-hydrogen) atoms. The first kappa shape index (κ1) is 19.5. The quantitative estimate of drug-likeness (QED) is 0.497. The summed E-state index contributed by atoms with van der Waals surface area (Å²) in [6.07, 6.45) is 1.56. The van der Waals surface area contributed by atoms with Crippen LogP contribution in [0, 0.1) is 12.7 Å². The normalized spacial score (nSPS) is 14.2. The number of thioether (sulfide) groups is 1. The van der Waals surface area contributed by atoms with Crippen molar-refractivity contribution in [2.45, 2.75) is 12.7 Å². The SMILES string of the molecule is Cc1ccc(C2=C(SCc3ccco3)C(=O)N(c3ccc(F)c(Cl)c3)C2=O)cc1. The summed E-state index contributed by atoms with van der Waals surface area (Å²) in [5.41, 5.74) is 2.22. The van der Waals surface area contributed by atoms with E-state index in [1.807, 2.05) is 31.2 Å². The van der Waals surface area contributed by atoms with E-state index >= 15 is 0 Å². The fourth-order valence-corrected chi connectivity index (χ4v) is 4.20. The lowest BCUT2D eigenvalue weighted by atomic mass is 10.0. The van der Waals surface area contributed by atoms with Gasteiger partial charge in [-0.3, -0.25) is 9.59 Å². The summed E-state index contributed by atoms with van der Waals surface area (Å²) in [6.45, 7) is 1.94. The number of carbonyl (C=O) groups excluding carboxylic acids is 2. The smallest absolute Gasteiger partial charge is 0.272 e. The molecule has 0 fully saturated rings. The van der Waals surface area contributed by atoms with Crippen molar-refractivity contribution in [3.05, 3.63) is 93.5 Å². The molecule has 1 aliphatic rings. The number of halogens is 2. The van der Waals surface area contributed by atoms with Crippen LogP contribution in [0.2, 0.25) is 5.02 Å². The monoisotopic (exact) mass is 427 g/mol. The fourth-order valence-electron chi connectivity index (χ4n) is 3.01. The molecule has 0 atom stereocenters. The van der Waals surface area contributed by atoms with Gasteiger partial charge in [0.1, 0.15) is 11.6 Å². The molecule has 2 aromatic carbocycles. The van der Waals surface area contributed by atoms with Crippen molar-refractivity contribution < 1.29 is 18.4 Å². The van der Waals surface area contributed by atoms with Gasteiger partial charge in [0, 0.05) is 0 Å². The Morgan fingerprint density at radius 2 is 1.83 bits per heavy atom. The van der Waals surface area contributed by atoms with Gasteiger partial charge in [-0.15, -0.1) is 11.8 Å². The zero-order valence-electron chi connectivity index (χ0n) is 15.3. The van der Waals surface area contributed by atoms with Gasteiger partial charge in [-0.05, 0) is 42.8 Å². The first-order chi connectivity index (χ1) is 14.0. The fraction of sp³-hybridized carbons (Fsp3) is 0.0909. The molecule has 3 aromatic rings. The van der Waals surface area contributed by atoms with Crippen LogP contribution in [0.25, 0.3) is 5.57 Å². The molecular weight excluding hydrogens is 413 g/mol. The topological polar surface area (TPSA) is 50.5 Å². The number of hydrogen-bond donors (Lipinski definition) is 0. The Morgan fingerprint density at radius 3 is 2.48 bits per heavy atom. The van der Waals surface area contributed by atoms with Gasteiger partial charge in [0.05, 0.1) is 33.2 Å². The molecule has 2 heterocycles. The molecule has 0 spiro atoms. The van der Waals surface area contributed by atoms with E-state index in [0.29, 0.717) is 27.6 Å². The summed E-state index contributed by atoms with van der Waals surface area (Å²) in [5, 5.41) is -0.156. The number of carbonyl (C=O) groups is 2. The number of imide groups is 1. The molecule has 0 saturated carbocycles. The van der Waals surface area contributed by atoms with Crippen LogP contribution in [0.5, 0.6) is 0 Å². The standard InChI is InChI=1S/C22H15ClFNO3S/c1-13-4-6-14(7-5-13)19-20(29-12-16-3-2-10-28-16)22(27)25(21(19)26)15-8-9-18(24)17(23)11-15/h2-11H,12H2,1H3. The molecule has 0 unspecified atom stereocenters. The van der Waals surface area contributed by atoms with Gasteiger partial charge < -0.3 is 4.42 Å². The Kier molecular flexibility index (Phi) is 5.30. The molecule has 1 aliphatic heterocycles. The van der Waals surface area contributed by atoms with E-state index in [2.05, 4.69) is 0 Å². The summed E-state index contributed by atoms with van der Waals surface area (Å²) >= 11 is 7.10. The largest absolute Gasteiger partial charge is 0.468 e. The zero-order valence-corrected chi connectivity index (χ0v) is 16.9. The maximum atomic E-state index is 13.6. The third kappa shape index (κ3) is 3.73. The summed E-state index contributed by atoms with van der Waals surface area (Å²) in [5.74, 6) is -0.467. The van der Waals surface area contributed by atoms with Crippen LogP contribution >= 0.6 is 23.4 Å². The molecule has 1 aromatic heterocycles. The average Bonchev–Trinajstić information content (AvgIpc) is 3.30. The lowest BCUT2D eigenvalue weighted by Crippen LogP contribution is -2.31. The molecule has 0 radical (unpaired) electrons.